The number of hydrogen-bond acceptors (Lipinski definition) is 2. The number of halogens is 2. The molecular formula is C16H21ClFN3. The summed E-state index contributed by atoms with van der Waals surface area (Å²) in [4.78, 5) is 4.34. The summed E-state index contributed by atoms with van der Waals surface area (Å²) in [5.41, 5.74) is 1.02. The summed E-state index contributed by atoms with van der Waals surface area (Å²) in [6, 6.07) is 5.09. The molecule has 1 atom stereocenters. The molecule has 0 saturated heterocycles. The lowest BCUT2D eigenvalue weighted by atomic mass is 10.0. The number of imidazole rings is 1. The Morgan fingerprint density at radius 2 is 2.24 bits per heavy atom. The van der Waals surface area contributed by atoms with Crippen molar-refractivity contribution in [2.24, 2.45) is 7.05 Å². The number of rotatable bonds is 7. The molecule has 1 aromatic heterocycles. The average molecular weight is 310 g/mol. The van der Waals surface area contributed by atoms with Gasteiger partial charge in [-0.15, -0.1) is 0 Å². The first-order valence-electron chi connectivity index (χ1n) is 7.26. The molecule has 2 rings (SSSR count). The maximum Gasteiger partial charge on any atom is 0.141 e. The molecule has 0 spiro atoms. The van der Waals surface area contributed by atoms with E-state index in [4.69, 9.17) is 11.6 Å². The maximum atomic E-state index is 13.3. The van der Waals surface area contributed by atoms with E-state index < -0.39 is 0 Å². The van der Waals surface area contributed by atoms with Crippen molar-refractivity contribution in [3.63, 3.8) is 0 Å². The Labute approximate surface area is 130 Å². The highest BCUT2D eigenvalue weighted by Gasteiger charge is 2.14. The molecule has 5 heteroatoms. The summed E-state index contributed by atoms with van der Waals surface area (Å²) in [5, 5.41) is 3.67. The normalized spacial score (nSPS) is 12.6. The summed E-state index contributed by atoms with van der Waals surface area (Å²) in [7, 11) is 1.99. The molecule has 1 aromatic carbocycles. The predicted octanol–water partition coefficient (Wildman–Crippen LogP) is 3.89. The number of aryl methyl sites for hydroxylation is 2. The third-order valence-electron chi connectivity index (χ3n) is 3.56. The lowest BCUT2D eigenvalue weighted by Gasteiger charge is -2.19. The van der Waals surface area contributed by atoms with Crippen LogP contribution in [0.2, 0.25) is 5.02 Å². The lowest BCUT2D eigenvalue weighted by Crippen LogP contribution is -2.23. The minimum Gasteiger partial charge on any atom is -0.338 e. The van der Waals surface area contributed by atoms with E-state index in [1.807, 2.05) is 17.8 Å². The zero-order chi connectivity index (χ0) is 15.2. The van der Waals surface area contributed by atoms with Crippen molar-refractivity contribution in [2.45, 2.75) is 32.2 Å². The minimum atomic E-state index is -0.376. The van der Waals surface area contributed by atoms with Gasteiger partial charge in [-0.1, -0.05) is 24.6 Å². The van der Waals surface area contributed by atoms with Gasteiger partial charge in [-0.25, -0.2) is 9.37 Å². The van der Waals surface area contributed by atoms with Gasteiger partial charge in [-0.3, -0.25) is 0 Å². The van der Waals surface area contributed by atoms with Crippen LogP contribution in [-0.2, 0) is 13.5 Å². The van der Waals surface area contributed by atoms with E-state index >= 15 is 0 Å². The molecule has 114 valence electrons. The zero-order valence-electron chi connectivity index (χ0n) is 12.4. The van der Waals surface area contributed by atoms with Gasteiger partial charge in [0.15, 0.2) is 0 Å². The standard InChI is InChI=1S/C16H21ClFN3/c1-3-8-19-15(6-7-16-20-9-10-21(16)2)12-4-5-14(18)13(17)11-12/h4-5,9-11,15,19H,3,6-8H2,1-2H3. The molecule has 0 bridgehead atoms. The third kappa shape index (κ3) is 4.29. The Morgan fingerprint density at radius 1 is 1.43 bits per heavy atom. The Morgan fingerprint density at radius 3 is 2.86 bits per heavy atom. The summed E-state index contributed by atoms with van der Waals surface area (Å²) in [6.45, 7) is 3.04. The fraction of sp³-hybridized carbons (Fsp3) is 0.438. The number of aromatic nitrogens is 2. The van der Waals surface area contributed by atoms with Gasteiger partial charge < -0.3 is 9.88 Å². The van der Waals surface area contributed by atoms with E-state index in [1.54, 1.807) is 18.3 Å². The predicted molar refractivity (Wildman–Crippen MR) is 84.0 cm³/mol. The van der Waals surface area contributed by atoms with Gasteiger partial charge in [0, 0.05) is 31.9 Å². The van der Waals surface area contributed by atoms with E-state index in [-0.39, 0.29) is 16.9 Å². The second kappa shape index (κ2) is 7.57. The number of nitrogens with one attached hydrogen (secondary N) is 1. The summed E-state index contributed by atoms with van der Waals surface area (Å²) < 4.78 is 15.3. The van der Waals surface area contributed by atoms with Gasteiger partial charge in [0.25, 0.3) is 0 Å². The van der Waals surface area contributed by atoms with Crippen molar-refractivity contribution >= 4 is 11.6 Å². The van der Waals surface area contributed by atoms with Gasteiger partial charge in [-0.2, -0.15) is 0 Å². The fourth-order valence-corrected chi connectivity index (χ4v) is 2.53. The first-order chi connectivity index (χ1) is 10.1. The molecule has 3 nitrogen and oxygen atoms in total. The molecule has 0 aliphatic rings. The molecule has 2 aromatic rings. The molecule has 0 saturated carbocycles. The number of nitrogens with zero attached hydrogens (tertiary/aromatic N) is 2. The van der Waals surface area contributed by atoms with E-state index in [9.17, 15) is 4.39 Å². The van der Waals surface area contributed by atoms with E-state index in [1.165, 1.54) is 6.07 Å². The largest absolute Gasteiger partial charge is 0.338 e. The zero-order valence-corrected chi connectivity index (χ0v) is 13.2. The van der Waals surface area contributed by atoms with Crippen molar-refractivity contribution in [3.8, 4) is 0 Å². The third-order valence-corrected chi connectivity index (χ3v) is 3.85. The van der Waals surface area contributed by atoms with Gasteiger partial charge in [0.1, 0.15) is 11.6 Å². The monoisotopic (exact) mass is 309 g/mol. The highest BCUT2D eigenvalue weighted by Crippen LogP contribution is 2.24. The second-order valence-electron chi connectivity index (χ2n) is 5.17. The molecular weight excluding hydrogens is 289 g/mol. The minimum absolute atomic E-state index is 0.153. The Bertz CT molecular complexity index is 583. The number of hydrogen-bond donors (Lipinski definition) is 1. The Kier molecular flexibility index (Phi) is 5.76. The summed E-state index contributed by atoms with van der Waals surface area (Å²) in [6.07, 6.45) is 6.55. The molecule has 0 radical (unpaired) electrons. The van der Waals surface area contributed by atoms with Gasteiger partial charge in [0.2, 0.25) is 0 Å². The SMILES string of the molecule is CCCNC(CCc1nccn1C)c1ccc(F)c(Cl)c1. The number of benzene rings is 1. The van der Waals surface area contributed by atoms with Crippen molar-refractivity contribution in [1.29, 1.82) is 0 Å². The topological polar surface area (TPSA) is 29.9 Å². The summed E-state index contributed by atoms with van der Waals surface area (Å²) >= 11 is 5.90. The molecule has 1 heterocycles. The van der Waals surface area contributed by atoms with Crippen LogP contribution in [0, 0.1) is 5.82 Å². The van der Waals surface area contributed by atoms with Crippen LogP contribution in [0.5, 0.6) is 0 Å². The highest BCUT2D eigenvalue weighted by atomic mass is 35.5. The van der Waals surface area contributed by atoms with E-state index in [2.05, 4.69) is 17.2 Å². The van der Waals surface area contributed by atoms with Gasteiger partial charge >= 0.3 is 0 Å². The van der Waals surface area contributed by atoms with Crippen LogP contribution in [0.4, 0.5) is 4.39 Å². The van der Waals surface area contributed by atoms with E-state index in [0.29, 0.717) is 0 Å². The first kappa shape index (κ1) is 16.0. The Balaban J connectivity index is 2.09. The van der Waals surface area contributed by atoms with Crippen LogP contribution in [-0.4, -0.2) is 16.1 Å². The average Bonchev–Trinajstić information content (AvgIpc) is 2.88. The Hall–Kier alpha value is -1.39. The van der Waals surface area contributed by atoms with Crippen LogP contribution >= 0.6 is 11.6 Å². The van der Waals surface area contributed by atoms with Gasteiger partial charge in [0.05, 0.1) is 5.02 Å². The van der Waals surface area contributed by atoms with Crippen molar-refractivity contribution in [3.05, 3.63) is 52.8 Å². The quantitative estimate of drug-likeness (QED) is 0.841. The maximum absolute atomic E-state index is 13.3. The fourth-order valence-electron chi connectivity index (χ4n) is 2.35. The van der Waals surface area contributed by atoms with Crippen LogP contribution in [0.15, 0.2) is 30.6 Å². The van der Waals surface area contributed by atoms with E-state index in [0.717, 1.165) is 37.2 Å². The van der Waals surface area contributed by atoms with Crippen LogP contribution in [0.25, 0.3) is 0 Å². The first-order valence-corrected chi connectivity index (χ1v) is 7.64. The molecule has 0 fully saturated rings. The van der Waals surface area contributed by atoms with Gasteiger partial charge in [-0.05, 0) is 37.1 Å². The smallest absolute Gasteiger partial charge is 0.141 e. The van der Waals surface area contributed by atoms with Crippen LogP contribution < -0.4 is 5.32 Å². The molecule has 1 unspecified atom stereocenters. The van der Waals surface area contributed by atoms with Crippen LogP contribution in [0.1, 0.15) is 37.2 Å². The van der Waals surface area contributed by atoms with Crippen molar-refractivity contribution in [1.82, 2.24) is 14.9 Å². The molecule has 21 heavy (non-hydrogen) atoms. The molecule has 0 amide bonds. The lowest BCUT2D eigenvalue weighted by molar-refractivity contribution is 0.490. The van der Waals surface area contributed by atoms with Crippen molar-refractivity contribution < 1.29 is 4.39 Å². The van der Waals surface area contributed by atoms with Crippen LogP contribution in [0.3, 0.4) is 0 Å². The second-order valence-corrected chi connectivity index (χ2v) is 5.58. The highest BCUT2D eigenvalue weighted by molar-refractivity contribution is 6.30. The van der Waals surface area contributed by atoms with Crippen molar-refractivity contribution in [2.75, 3.05) is 6.54 Å². The molecule has 1 N–H and O–H groups in total. The summed E-state index contributed by atoms with van der Waals surface area (Å²) in [5.74, 6) is 0.672. The molecule has 0 aliphatic heterocycles. The molecule has 0 aliphatic carbocycles.